The summed E-state index contributed by atoms with van der Waals surface area (Å²) in [4.78, 5) is 23.7. The Hall–Kier alpha value is -3.81. The van der Waals surface area contributed by atoms with Crippen LogP contribution >= 0.6 is 0 Å². The molecule has 0 aliphatic rings. The molecule has 0 spiro atoms. The van der Waals surface area contributed by atoms with Gasteiger partial charge in [-0.05, 0) is 48.9 Å². The van der Waals surface area contributed by atoms with Crippen molar-refractivity contribution >= 4 is 17.8 Å². The number of carbonyl (C=O) groups is 2. The minimum absolute atomic E-state index is 0.166. The van der Waals surface area contributed by atoms with Crippen LogP contribution in [0, 0.1) is 0 Å². The number of halogens is 3. The fourth-order valence-corrected chi connectivity index (χ4v) is 2.99. The number of aromatic nitrogens is 1. The Morgan fingerprint density at radius 1 is 1.09 bits per heavy atom. The minimum Gasteiger partial charge on any atom is -0.479 e. The lowest BCUT2D eigenvalue weighted by Crippen LogP contribution is -2.22. The van der Waals surface area contributed by atoms with Gasteiger partial charge in [0.05, 0.1) is 11.3 Å². The van der Waals surface area contributed by atoms with Gasteiger partial charge in [-0.1, -0.05) is 36.4 Å². The SMILES string of the molecule is CC(Oc1cccc(/C=C/Cn2cccc2C(=O)c2ccc(C(F)(F)F)cc2)c1)C(=O)O. The minimum atomic E-state index is -4.46. The fourth-order valence-electron chi connectivity index (χ4n) is 2.99. The Morgan fingerprint density at radius 2 is 1.81 bits per heavy atom. The van der Waals surface area contributed by atoms with Gasteiger partial charge < -0.3 is 14.4 Å². The van der Waals surface area contributed by atoms with Crippen LogP contribution in [-0.2, 0) is 17.5 Å². The van der Waals surface area contributed by atoms with Crippen molar-refractivity contribution < 1.29 is 32.6 Å². The van der Waals surface area contributed by atoms with Crippen molar-refractivity contribution in [3.63, 3.8) is 0 Å². The number of aliphatic carboxylic acids is 1. The van der Waals surface area contributed by atoms with E-state index in [0.717, 1.165) is 17.7 Å². The van der Waals surface area contributed by atoms with Gasteiger partial charge in [-0.2, -0.15) is 13.2 Å². The first-order chi connectivity index (χ1) is 15.1. The third-order valence-electron chi connectivity index (χ3n) is 4.67. The Bertz CT molecular complexity index is 1130. The van der Waals surface area contributed by atoms with Crippen LogP contribution < -0.4 is 4.74 Å². The van der Waals surface area contributed by atoms with E-state index in [4.69, 9.17) is 9.84 Å². The van der Waals surface area contributed by atoms with Crippen molar-refractivity contribution in [2.45, 2.75) is 25.7 Å². The zero-order valence-electron chi connectivity index (χ0n) is 17.0. The van der Waals surface area contributed by atoms with Gasteiger partial charge >= 0.3 is 12.1 Å². The maximum absolute atomic E-state index is 12.7. The van der Waals surface area contributed by atoms with Gasteiger partial charge in [0.1, 0.15) is 5.75 Å². The summed E-state index contributed by atoms with van der Waals surface area (Å²) in [7, 11) is 0. The molecule has 1 heterocycles. The lowest BCUT2D eigenvalue weighted by Gasteiger charge is -2.10. The average Bonchev–Trinajstić information content (AvgIpc) is 3.21. The van der Waals surface area contributed by atoms with Crippen molar-refractivity contribution in [3.8, 4) is 5.75 Å². The lowest BCUT2D eigenvalue weighted by molar-refractivity contribution is -0.144. The van der Waals surface area contributed by atoms with Crippen LogP contribution in [0.3, 0.4) is 0 Å². The van der Waals surface area contributed by atoms with E-state index >= 15 is 0 Å². The van der Waals surface area contributed by atoms with E-state index in [2.05, 4.69) is 0 Å². The molecule has 0 fully saturated rings. The van der Waals surface area contributed by atoms with Crippen molar-refractivity contribution in [2.75, 3.05) is 0 Å². The van der Waals surface area contributed by atoms with Crippen LogP contribution in [0.15, 0.2) is 72.9 Å². The molecule has 3 rings (SSSR count). The van der Waals surface area contributed by atoms with E-state index < -0.39 is 23.8 Å². The highest BCUT2D eigenvalue weighted by molar-refractivity contribution is 6.08. The van der Waals surface area contributed by atoms with Crippen LogP contribution in [0.2, 0.25) is 0 Å². The maximum atomic E-state index is 12.7. The highest BCUT2D eigenvalue weighted by Crippen LogP contribution is 2.29. The highest BCUT2D eigenvalue weighted by atomic mass is 19.4. The molecule has 0 saturated carbocycles. The highest BCUT2D eigenvalue weighted by Gasteiger charge is 2.30. The maximum Gasteiger partial charge on any atom is 0.416 e. The number of alkyl halides is 3. The zero-order chi connectivity index (χ0) is 23.3. The Kier molecular flexibility index (Phi) is 6.82. The monoisotopic (exact) mass is 443 g/mol. The number of rotatable bonds is 8. The average molecular weight is 443 g/mol. The summed E-state index contributed by atoms with van der Waals surface area (Å²) in [5, 5.41) is 8.94. The number of hydrogen-bond acceptors (Lipinski definition) is 3. The second kappa shape index (κ2) is 9.55. The molecule has 0 aliphatic heterocycles. The number of ether oxygens (including phenoxy) is 1. The molecule has 2 aromatic carbocycles. The van der Waals surface area contributed by atoms with Crippen molar-refractivity contribution in [3.05, 3.63) is 95.3 Å². The van der Waals surface area contributed by atoms with Crippen molar-refractivity contribution in [2.24, 2.45) is 0 Å². The quantitative estimate of drug-likeness (QED) is 0.480. The molecule has 1 unspecified atom stereocenters. The van der Waals surface area contributed by atoms with Crippen LogP contribution in [0.25, 0.3) is 6.08 Å². The first kappa shape index (κ1) is 22.9. The second-order valence-electron chi connectivity index (χ2n) is 7.02. The zero-order valence-corrected chi connectivity index (χ0v) is 17.0. The van der Waals surface area contributed by atoms with Crippen molar-refractivity contribution in [1.29, 1.82) is 0 Å². The Morgan fingerprint density at radius 3 is 2.47 bits per heavy atom. The van der Waals surface area contributed by atoms with E-state index in [1.54, 1.807) is 47.2 Å². The summed E-state index contributed by atoms with van der Waals surface area (Å²) in [6.07, 6.45) is -0.127. The molecule has 3 aromatic rings. The number of allylic oxidation sites excluding steroid dienone is 1. The molecule has 0 radical (unpaired) electrons. The number of carbonyl (C=O) groups excluding carboxylic acids is 1. The molecule has 0 bridgehead atoms. The van der Waals surface area contributed by atoms with Crippen LogP contribution in [0.1, 0.15) is 34.1 Å². The number of benzene rings is 2. The van der Waals surface area contributed by atoms with E-state index in [1.165, 1.54) is 19.1 Å². The van der Waals surface area contributed by atoms with E-state index in [-0.39, 0.29) is 11.3 Å². The first-order valence-corrected chi connectivity index (χ1v) is 9.68. The summed E-state index contributed by atoms with van der Waals surface area (Å²) >= 11 is 0. The van der Waals surface area contributed by atoms with Crippen LogP contribution in [-0.4, -0.2) is 27.5 Å². The number of ketones is 1. The molecule has 32 heavy (non-hydrogen) atoms. The van der Waals surface area contributed by atoms with Crippen LogP contribution in [0.4, 0.5) is 13.2 Å². The number of carboxylic acid groups (broad SMARTS) is 1. The van der Waals surface area contributed by atoms with Gasteiger partial charge in [-0.25, -0.2) is 4.79 Å². The van der Waals surface area contributed by atoms with Crippen molar-refractivity contribution in [1.82, 2.24) is 4.57 Å². The van der Waals surface area contributed by atoms with Gasteiger partial charge in [-0.15, -0.1) is 0 Å². The van der Waals surface area contributed by atoms with Gasteiger partial charge in [0.15, 0.2) is 6.10 Å². The van der Waals surface area contributed by atoms with Gasteiger partial charge in [0.2, 0.25) is 5.78 Å². The largest absolute Gasteiger partial charge is 0.479 e. The molecule has 1 atom stereocenters. The Labute approximate surface area is 182 Å². The summed E-state index contributed by atoms with van der Waals surface area (Å²) in [5.74, 6) is -1.03. The molecule has 8 heteroatoms. The summed E-state index contributed by atoms with van der Waals surface area (Å²) in [6.45, 7) is 1.79. The van der Waals surface area contributed by atoms with Crippen LogP contribution in [0.5, 0.6) is 5.75 Å². The standard InChI is InChI=1S/C24H20F3NO4/c1-16(23(30)31)32-20-7-2-5-17(15-20)6-3-13-28-14-4-8-21(28)22(29)18-9-11-19(12-10-18)24(25,26)27/h2-12,14-16H,13H2,1H3,(H,30,31)/b6-3+. The number of nitrogens with zero attached hydrogens (tertiary/aromatic N) is 1. The topological polar surface area (TPSA) is 68.5 Å². The molecule has 0 saturated heterocycles. The van der Waals surface area contributed by atoms with E-state index in [9.17, 15) is 22.8 Å². The molecule has 5 nitrogen and oxygen atoms in total. The molecule has 1 N–H and O–H groups in total. The third kappa shape index (κ3) is 5.66. The predicted octanol–water partition coefficient (Wildman–Crippen LogP) is 5.30. The third-order valence-corrected chi connectivity index (χ3v) is 4.67. The number of hydrogen-bond donors (Lipinski definition) is 1. The Balaban J connectivity index is 1.69. The second-order valence-corrected chi connectivity index (χ2v) is 7.02. The molecule has 1 aromatic heterocycles. The summed E-state index contributed by atoms with van der Waals surface area (Å²) in [5.41, 5.74) is 0.486. The van der Waals surface area contributed by atoms with E-state index in [0.29, 0.717) is 18.0 Å². The van der Waals surface area contributed by atoms with E-state index in [1.807, 2.05) is 12.1 Å². The summed E-state index contributed by atoms with van der Waals surface area (Å²) < 4.78 is 45.2. The van der Waals surface area contributed by atoms with Gasteiger partial charge in [0.25, 0.3) is 0 Å². The first-order valence-electron chi connectivity index (χ1n) is 9.68. The fraction of sp³-hybridized carbons (Fsp3) is 0.167. The molecule has 0 amide bonds. The van der Waals surface area contributed by atoms with Gasteiger partial charge in [0, 0.05) is 18.3 Å². The molecular weight excluding hydrogens is 423 g/mol. The molecular formula is C24H20F3NO4. The lowest BCUT2D eigenvalue weighted by atomic mass is 10.1. The molecule has 0 aliphatic carbocycles. The van der Waals surface area contributed by atoms with Gasteiger partial charge in [-0.3, -0.25) is 4.79 Å². The summed E-state index contributed by atoms with van der Waals surface area (Å²) in [6, 6.07) is 14.3. The predicted molar refractivity (Wildman–Crippen MR) is 113 cm³/mol. The number of carboxylic acids is 1. The molecule has 166 valence electrons. The smallest absolute Gasteiger partial charge is 0.416 e. The normalized spacial score (nSPS) is 12.6.